The average Bonchev–Trinajstić information content (AvgIpc) is 0.781. The van der Waals surface area contributed by atoms with E-state index >= 15 is 0 Å². The number of hydrogen-bond donors (Lipinski definition) is 0. The minimum Gasteiger partial charge on any atom is -0.311 e. The van der Waals surface area contributed by atoms with Crippen molar-refractivity contribution in [1.29, 1.82) is 0 Å². The van der Waals surface area contributed by atoms with Crippen molar-refractivity contribution in [2.45, 2.75) is 62.3 Å². The summed E-state index contributed by atoms with van der Waals surface area (Å²) < 4.78 is 0. The van der Waals surface area contributed by atoms with Crippen LogP contribution in [0.3, 0.4) is 0 Å². The molecule has 0 N–H and O–H groups in total. The normalized spacial score (nSPS) is 12.8. The Labute approximate surface area is 536 Å². The topological polar surface area (TPSA) is 13.0 Å². The second-order valence-corrected chi connectivity index (χ2v) is 25.1. The molecule has 15 rings (SSSR count). The maximum Gasteiger partial charge on any atom is 0.0540 e. The van der Waals surface area contributed by atoms with E-state index in [1.807, 2.05) is 0 Å². The summed E-state index contributed by atoms with van der Waals surface area (Å²) >= 11 is 0. The molecule has 0 aromatic heterocycles. The molecule has 3 aliphatic heterocycles. The summed E-state index contributed by atoms with van der Waals surface area (Å²) in [6.07, 6.45) is 7.11. The first kappa shape index (κ1) is 56.6. The third-order valence-electron chi connectivity index (χ3n) is 18.6. The van der Waals surface area contributed by atoms with Crippen LogP contribution in [-0.4, -0.2) is 0 Å². The number of nitrogens with zero attached hydrogens (tertiary/aromatic N) is 4. The largest absolute Gasteiger partial charge is 0.311 e. The number of hydrogen-bond acceptors (Lipinski definition) is 4. The first-order chi connectivity index (χ1) is 44.3. The lowest BCUT2D eigenvalue weighted by Gasteiger charge is -2.36. The fourth-order valence-electron chi connectivity index (χ4n) is 15.1. The van der Waals surface area contributed by atoms with Gasteiger partial charge in [0.25, 0.3) is 0 Å². The molecule has 0 saturated heterocycles. The maximum atomic E-state index is 2.47. The molecule has 4 heteroatoms. The predicted molar refractivity (Wildman–Crippen MR) is 388 cm³/mol. The van der Waals surface area contributed by atoms with E-state index in [1.165, 1.54) is 151 Å². The van der Waals surface area contributed by atoms with Gasteiger partial charge in [0.2, 0.25) is 0 Å². The van der Waals surface area contributed by atoms with E-state index in [0.29, 0.717) is 0 Å². The van der Waals surface area contributed by atoms with Crippen LogP contribution >= 0.6 is 0 Å². The third-order valence-corrected chi connectivity index (χ3v) is 18.6. The Hall–Kier alpha value is -10.9. The smallest absolute Gasteiger partial charge is 0.0540 e. The molecule has 0 bridgehead atoms. The van der Waals surface area contributed by atoms with Gasteiger partial charge < -0.3 is 19.6 Å². The standard InChI is InChI=1S/C87H72N4/c1-55-46-58(4)85(59(5)47-55)89-79-28-16-10-22-70(79)76(71-23-11-17-29-80(71)89)52-64-34-40-67(41-35-64)88(68-42-36-65(37-43-68)53-77-72-24-12-18-30-81(72)90(82-31-19-13-25-73(77)82)86-60(6)48-56(2)49-61(86)7)69-44-38-66(39-45-69)54-78-74-26-14-20-32-83(74)91(84-33-21-15-27-75(78)84)87-62(8)50-57(3)51-63(87)9/h10-54H,1-9H3. The molecule has 0 unspecified atom stereocenters. The molecule has 4 nitrogen and oxygen atoms in total. The van der Waals surface area contributed by atoms with Crippen LogP contribution in [0.25, 0.3) is 34.9 Å². The Bertz CT molecular complexity index is 4260. The van der Waals surface area contributed by atoms with Gasteiger partial charge in [0.1, 0.15) is 0 Å². The molecule has 440 valence electrons. The summed E-state index contributed by atoms with van der Waals surface area (Å²) in [5.74, 6) is 0. The van der Waals surface area contributed by atoms with Crippen molar-refractivity contribution in [1.82, 2.24) is 0 Å². The predicted octanol–water partition coefficient (Wildman–Crippen LogP) is 24.0. The van der Waals surface area contributed by atoms with Gasteiger partial charge in [-0.3, -0.25) is 0 Å². The molecule has 91 heavy (non-hydrogen) atoms. The minimum absolute atomic E-state index is 1.06. The monoisotopic (exact) mass is 1170 g/mol. The summed E-state index contributed by atoms with van der Waals surface area (Å²) in [5.41, 5.74) is 39.7. The van der Waals surface area contributed by atoms with Crippen molar-refractivity contribution >= 4 is 103 Å². The summed E-state index contributed by atoms with van der Waals surface area (Å²) in [7, 11) is 0. The van der Waals surface area contributed by atoms with E-state index in [9.17, 15) is 0 Å². The van der Waals surface area contributed by atoms with Gasteiger partial charge in [-0.05, 0) is 220 Å². The van der Waals surface area contributed by atoms with Gasteiger partial charge in [0.15, 0.2) is 0 Å². The minimum atomic E-state index is 1.06. The van der Waals surface area contributed by atoms with Crippen LogP contribution < -0.4 is 19.6 Å². The van der Waals surface area contributed by atoms with Gasteiger partial charge in [-0.1, -0.05) is 199 Å². The van der Waals surface area contributed by atoms with Crippen LogP contribution in [0.4, 0.5) is 68.2 Å². The van der Waals surface area contributed by atoms with E-state index in [1.54, 1.807) is 0 Å². The number of benzene rings is 12. The van der Waals surface area contributed by atoms with E-state index in [2.05, 4.69) is 355 Å². The van der Waals surface area contributed by atoms with Gasteiger partial charge in [-0.2, -0.15) is 0 Å². The number of fused-ring (bicyclic) bond motifs is 6. The summed E-state index contributed by atoms with van der Waals surface area (Å²) in [4.78, 5) is 9.81. The second kappa shape index (κ2) is 22.9. The van der Waals surface area contributed by atoms with Gasteiger partial charge >= 0.3 is 0 Å². The lowest BCUT2D eigenvalue weighted by Crippen LogP contribution is -2.20. The highest BCUT2D eigenvalue weighted by atomic mass is 15.2. The van der Waals surface area contributed by atoms with Crippen LogP contribution in [-0.2, 0) is 0 Å². The molecule has 0 aliphatic carbocycles. The van der Waals surface area contributed by atoms with Crippen LogP contribution in [0.2, 0.25) is 0 Å². The van der Waals surface area contributed by atoms with Crippen molar-refractivity contribution in [3.8, 4) is 0 Å². The molecule has 3 aliphatic rings. The fourth-order valence-corrected chi connectivity index (χ4v) is 15.1. The van der Waals surface area contributed by atoms with Crippen LogP contribution in [0.15, 0.2) is 255 Å². The molecular formula is C87H72N4. The molecule has 12 aromatic rings. The fraction of sp³-hybridized carbons (Fsp3) is 0.103. The van der Waals surface area contributed by atoms with Crippen molar-refractivity contribution in [3.05, 3.63) is 355 Å². The molecule has 3 heterocycles. The molecule has 0 amide bonds. The van der Waals surface area contributed by atoms with Crippen molar-refractivity contribution in [3.63, 3.8) is 0 Å². The van der Waals surface area contributed by atoms with E-state index in [4.69, 9.17) is 0 Å². The van der Waals surface area contributed by atoms with Gasteiger partial charge in [-0.25, -0.2) is 0 Å². The Kier molecular flexibility index (Phi) is 14.2. The summed E-state index contributed by atoms with van der Waals surface area (Å²) in [6, 6.07) is 94.4. The quantitative estimate of drug-likeness (QED) is 0.143. The van der Waals surface area contributed by atoms with E-state index in [0.717, 1.165) is 33.8 Å². The zero-order valence-corrected chi connectivity index (χ0v) is 53.3. The van der Waals surface area contributed by atoms with Crippen LogP contribution in [0.5, 0.6) is 0 Å². The summed E-state index contributed by atoms with van der Waals surface area (Å²) in [6.45, 7) is 20.0. The Morgan fingerprint density at radius 3 is 0.615 bits per heavy atom. The number of rotatable bonds is 9. The molecule has 0 fully saturated rings. The van der Waals surface area contributed by atoms with Crippen molar-refractivity contribution in [2.75, 3.05) is 19.6 Å². The molecule has 12 aromatic carbocycles. The summed E-state index contributed by atoms with van der Waals surface area (Å²) in [5, 5.41) is 0. The highest BCUT2D eigenvalue weighted by Crippen LogP contribution is 2.55. The highest BCUT2D eigenvalue weighted by molar-refractivity contribution is 6.09. The Morgan fingerprint density at radius 1 is 0.231 bits per heavy atom. The average molecular weight is 1170 g/mol. The third kappa shape index (κ3) is 9.96. The lowest BCUT2D eigenvalue weighted by molar-refractivity contribution is 1.18. The lowest BCUT2D eigenvalue weighted by atomic mass is 9.87. The number of anilines is 12. The maximum absolute atomic E-state index is 2.47. The molecule has 0 radical (unpaired) electrons. The molecular weight excluding hydrogens is 1100 g/mol. The number of para-hydroxylation sites is 6. The van der Waals surface area contributed by atoms with Gasteiger partial charge in [0, 0.05) is 50.4 Å². The Balaban J connectivity index is 0.824. The first-order valence-electron chi connectivity index (χ1n) is 31.8. The van der Waals surface area contributed by atoms with Crippen LogP contribution in [0, 0.1) is 62.3 Å². The van der Waals surface area contributed by atoms with Crippen molar-refractivity contribution < 1.29 is 0 Å². The van der Waals surface area contributed by atoms with Gasteiger partial charge in [0.05, 0.1) is 51.2 Å². The van der Waals surface area contributed by atoms with Gasteiger partial charge in [-0.15, -0.1) is 0 Å². The highest BCUT2D eigenvalue weighted by Gasteiger charge is 2.33. The SMILES string of the molecule is Cc1cc(C)c(N2c3ccccc3C(=Cc3ccc(N(c4ccc(C=C5c6ccccc6N(c6c(C)cc(C)cc6C)c6ccccc65)cc4)c4ccc(C=C5c6ccccc6N(c6c(C)cc(C)cc6C)c6ccccc65)cc4)cc3)c3ccccc32)c(C)c1. The zero-order valence-electron chi connectivity index (χ0n) is 53.3. The molecule has 0 saturated carbocycles. The molecule has 0 atom stereocenters. The first-order valence-corrected chi connectivity index (χ1v) is 31.8. The number of aryl methyl sites for hydroxylation is 9. The van der Waals surface area contributed by atoms with Crippen LogP contribution in [0.1, 0.15) is 100 Å². The van der Waals surface area contributed by atoms with E-state index < -0.39 is 0 Å². The second-order valence-electron chi connectivity index (χ2n) is 25.1. The van der Waals surface area contributed by atoms with E-state index in [-0.39, 0.29) is 0 Å². The molecule has 0 spiro atoms. The Morgan fingerprint density at radius 2 is 0.418 bits per heavy atom. The van der Waals surface area contributed by atoms with Crippen molar-refractivity contribution in [2.24, 2.45) is 0 Å². The zero-order chi connectivity index (χ0) is 62.2.